The molecule has 7 nitrogen and oxygen atoms in total. The fraction of sp³-hybridized carbons (Fsp3) is 0.270. The number of nitrogens with zero attached hydrogens (tertiary/aromatic N) is 3. The second-order valence-corrected chi connectivity index (χ2v) is 12.6. The zero-order chi connectivity index (χ0) is 30.7. The van der Waals surface area contributed by atoms with E-state index >= 15 is 0 Å². The fourth-order valence-electron chi connectivity index (χ4n) is 5.70. The molecule has 6 rings (SSSR count). The van der Waals surface area contributed by atoms with Crippen LogP contribution in [0, 0.1) is 6.92 Å². The Morgan fingerprint density at radius 2 is 1.68 bits per heavy atom. The Balaban J connectivity index is 1.20. The van der Waals surface area contributed by atoms with E-state index in [0.29, 0.717) is 11.9 Å². The standard InChI is InChI=1S/C37H40N6O/c1-25-9-15-29(16-10-25)43-35(23-34(42-43)37(2,3)4)41-36(44)40-33-18-17-30(31-7-5-6-8-32(31)33)27-11-13-28(14-12-27)39-24-26-19-21-38-22-20-26/h5-11,15-23,28,39H,12-14,24H2,1-4H3,(H2,40,41,44). The van der Waals surface area contributed by atoms with E-state index in [1.54, 1.807) is 4.68 Å². The average Bonchev–Trinajstić information content (AvgIpc) is 3.46. The molecular formula is C37H40N6O. The number of hydrogen-bond acceptors (Lipinski definition) is 4. The van der Waals surface area contributed by atoms with Gasteiger partial charge in [0, 0.05) is 41.8 Å². The maximum atomic E-state index is 13.4. The highest BCUT2D eigenvalue weighted by Gasteiger charge is 2.22. The second kappa shape index (κ2) is 12.5. The lowest BCUT2D eigenvalue weighted by Gasteiger charge is -2.24. The van der Waals surface area contributed by atoms with Crippen molar-refractivity contribution in [3.8, 4) is 5.69 Å². The van der Waals surface area contributed by atoms with Gasteiger partial charge in [-0.2, -0.15) is 5.10 Å². The Morgan fingerprint density at radius 3 is 2.39 bits per heavy atom. The van der Waals surface area contributed by atoms with Crippen molar-refractivity contribution >= 4 is 33.9 Å². The first-order chi connectivity index (χ1) is 21.2. The number of urea groups is 1. The summed E-state index contributed by atoms with van der Waals surface area (Å²) in [6, 6.07) is 26.8. The van der Waals surface area contributed by atoms with Crippen LogP contribution in [0.5, 0.6) is 0 Å². The third-order valence-corrected chi connectivity index (χ3v) is 8.27. The topological polar surface area (TPSA) is 83.9 Å². The van der Waals surface area contributed by atoms with E-state index in [2.05, 4.69) is 91.1 Å². The summed E-state index contributed by atoms with van der Waals surface area (Å²) in [6.07, 6.45) is 9.12. The number of rotatable bonds is 7. The Morgan fingerprint density at radius 1 is 0.932 bits per heavy atom. The second-order valence-electron chi connectivity index (χ2n) is 12.6. The van der Waals surface area contributed by atoms with Gasteiger partial charge >= 0.3 is 6.03 Å². The molecule has 2 heterocycles. The minimum Gasteiger partial charge on any atom is -0.310 e. The number of amides is 2. The quantitative estimate of drug-likeness (QED) is 0.179. The normalized spacial score (nSPS) is 15.2. The molecule has 1 aliphatic carbocycles. The predicted molar refractivity (Wildman–Crippen MR) is 180 cm³/mol. The number of hydrogen-bond donors (Lipinski definition) is 3. The van der Waals surface area contributed by atoms with Gasteiger partial charge in [-0.05, 0) is 78.6 Å². The van der Waals surface area contributed by atoms with Crippen molar-refractivity contribution in [2.75, 3.05) is 10.6 Å². The summed E-state index contributed by atoms with van der Waals surface area (Å²) in [7, 11) is 0. The number of carbonyl (C=O) groups is 1. The molecule has 1 unspecified atom stereocenters. The number of aromatic nitrogens is 3. The van der Waals surface area contributed by atoms with Crippen LogP contribution in [0.3, 0.4) is 0 Å². The van der Waals surface area contributed by atoms with Crippen LogP contribution >= 0.6 is 0 Å². The molecule has 0 spiro atoms. The summed E-state index contributed by atoms with van der Waals surface area (Å²) >= 11 is 0. The van der Waals surface area contributed by atoms with Crippen LogP contribution in [-0.2, 0) is 12.0 Å². The first-order valence-electron chi connectivity index (χ1n) is 15.3. The fourth-order valence-corrected chi connectivity index (χ4v) is 5.70. The van der Waals surface area contributed by atoms with E-state index in [4.69, 9.17) is 5.10 Å². The number of fused-ring (bicyclic) bond motifs is 1. The van der Waals surface area contributed by atoms with Crippen LogP contribution in [0.2, 0.25) is 0 Å². The smallest absolute Gasteiger partial charge is 0.310 e. The van der Waals surface area contributed by atoms with Crippen molar-refractivity contribution in [3.63, 3.8) is 0 Å². The van der Waals surface area contributed by atoms with Crippen LogP contribution in [0.25, 0.3) is 22.0 Å². The van der Waals surface area contributed by atoms with E-state index in [1.165, 1.54) is 22.3 Å². The lowest BCUT2D eigenvalue weighted by molar-refractivity contribution is 0.262. The maximum absolute atomic E-state index is 13.4. The molecule has 2 aromatic heterocycles. The van der Waals surface area contributed by atoms with Crippen LogP contribution in [0.4, 0.5) is 16.3 Å². The Labute approximate surface area is 259 Å². The van der Waals surface area contributed by atoms with Crippen LogP contribution in [0.15, 0.2) is 97.3 Å². The zero-order valence-electron chi connectivity index (χ0n) is 25.9. The van der Waals surface area contributed by atoms with E-state index in [9.17, 15) is 4.79 Å². The molecule has 3 N–H and O–H groups in total. The predicted octanol–water partition coefficient (Wildman–Crippen LogP) is 8.40. The van der Waals surface area contributed by atoms with E-state index in [0.717, 1.165) is 53.6 Å². The molecule has 224 valence electrons. The van der Waals surface area contributed by atoms with Crippen molar-refractivity contribution in [1.29, 1.82) is 0 Å². The van der Waals surface area contributed by atoms with E-state index in [1.807, 2.05) is 54.9 Å². The number of aryl methyl sites for hydroxylation is 1. The highest BCUT2D eigenvalue weighted by molar-refractivity contribution is 6.08. The van der Waals surface area contributed by atoms with Crippen molar-refractivity contribution in [2.24, 2.45) is 0 Å². The van der Waals surface area contributed by atoms with Crippen LogP contribution < -0.4 is 16.0 Å². The van der Waals surface area contributed by atoms with Crippen LogP contribution in [0.1, 0.15) is 62.4 Å². The summed E-state index contributed by atoms with van der Waals surface area (Å²) in [5.41, 5.74) is 7.40. The van der Waals surface area contributed by atoms with Gasteiger partial charge in [-0.25, -0.2) is 9.48 Å². The molecule has 0 saturated heterocycles. The van der Waals surface area contributed by atoms with Crippen molar-refractivity contribution < 1.29 is 4.79 Å². The van der Waals surface area contributed by atoms with Gasteiger partial charge in [-0.1, -0.05) is 74.9 Å². The monoisotopic (exact) mass is 584 g/mol. The van der Waals surface area contributed by atoms with Gasteiger partial charge in [-0.15, -0.1) is 0 Å². The van der Waals surface area contributed by atoms with Crippen molar-refractivity contribution in [1.82, 2.24) is 20.1 Å². The third-order valence-electron chi connectivity index (χ3n) is 8.27. The number of anilines is 2. The van der Waals surface area contributed by atoms with E-state index < -0.39 is 0 Å². The number of benzene rings is 3. The highest BCUT2D eigenvalue weighted by Crippen LogP contribution is 2.35. The summed E-state index contributed by atoms with van der Waals surface area (Å²) in [5.74, 6) is 0.622. The number of carbonyl (C=O) groups excluding carboxylic acids is 1. The molecule has 0 bridgehead atoms. The van der Waals surface area contributed by atoms with Gasteiger partial charge in [-0.3, -0.25) is 10.3 Å². The number of allylic oxidation sites excluding steroid dienone is 1. The maximum Gasteiger partial charge on any atom is 0.324 e. The minimum absolute atomic E-state index is 0.168. The molecule has 44 heavy (non-hydrogen) atoms. The van der Waals surface area contributed by atoms with Gasteiger partial charge in [0.15, 0.2) is 0 Å². The van der Waals surface area contributed by atoms with Gasteiger partial charge in [0.05, 0.1) is 17.1 Å². The molecule has 2 amide bonds. The molecule has 0 aliphatic heterocycles. The molecule has 1 aliphatic rings. The minimum atomic E-state index is -0.309. The summed E-state index contributed by atoms with van der Waals surface area (Å²) < 4.78 is 1.80. The first-order valence-corrected chi connectivity index (χ1v) is 15.3. The lowest BCUT2D eigenvalue weighted by Crippen LogP contribution is -2.29. The lowest BCUT2D eigenvalue weighted by atomic mass is 9.88. The molecule has 0 saturated carbocycles. The van der Waals surface area contributed by atoms with E-state index in [-0.39, 0.29) is 11.4 Å². The average molecular weight is 585 g/mol. The zero-order valence-corrected chi connectivity index (χ0v) is 25.9. The van der Waals surface area contributed by atoms with Gasteiger partial charge in [0.25, 0.3) is 0 Å². The molecule has 7 heteroatoms. The summed E-state index contributed by atoms with van der Waals surface area (Å²) in [4.78, 5) is 17.5. The molecule has 3 aromatic carbocycles. The van der Waals surface area contributed by atoms with Crippen molar-refractivity contribution in [3.05, 3.63) is 120 Å². The van der Waals surface area contributed by atoms with Gasteiger partial charge < -0.3 is 10.6 Å². The summed E-state index contributed by atoms with van der Waals surface area (Å²) in [5, 5.41) is 16.9. The molecule has 5 aromatic rings. The Hall–Kier alpha value is -4.75. The van der Waals surface area contributed by atoms with Crippen molar-refractivity contribution in [2.45, 2.75) is 65.0 Å². The summed E-state index contributed by atoms with van der Waals surface area (Å²) in [6.45, 7) is 9.26. The van der Waals surface area contributed by atoms with Gasteiger partial charge in [0.2, 0.25) is 0 Å². The third kappa shape index (κ3) is 6.58. The Bertz CT molecular complexity index is 1800. The molecule has 1 atom stereocenters. The largest absolute Gasteiger partial charge is 0.324 e. The Kier molecular flexibility index (Phi) is 8.31. The molecule has 0 fully saturated rings. The highest BCUT2D eigenvalue weighted by atomic mass is 16.2. The molecule has 0 radical (unpaired) electrons. The van der Waals surface area contributed by atoms with Gasteiger partial charge in [0.1, 0.15) is 5.82 Å². The van der Waals surface area contributed by atoms with Crippen LogP contribution in [-0.4, -0.2) is 26.8 Å². The first kappa shape index (κ1) is 29.3. The number of nitrogens with one attached hydrogen (secondary N) is 3. The number of pyridine rings is 1. The SMILES string of the molecule is Cc1ccc(-n2nc(C(C)(C)C)cc2NC(=O)Nc2ccc(C3=CCC(NCc4ccncc4)CC3)c3ccccc23)cc1. The molecular weight excluding hydrogens is 544 g/mol.